The lowest BCUT2D eigenvalue weighted by Gasteiger charge is -2.26. The van der Waals surface area contributed by atoms with Crippen LogP contribution in [0.4, 0.5) is 0 Å². The minimum absolute atomic E-state index is 0.348. The lowest BCUT2D eigenvalue weighted by Crippen LogP contribution is -2.45. The first-order chi connectivity index (χ1) is 10.0. The molecule has 1 aromatic heterocycles. The molecule has 0 bridgehead atoms. The number of rotatable bonds is 3. The van der Waals surface area contributed by atoms with Crippen LogP contribution in [0.25, 0.3) is 0 Å². The van der Waals surface area contributed by atoms with Crippen molar-refractivity contribution in [2.45, 2.75) is 83.3 Å². The van der Waals surface area contributed by atoms with Crippen LogP contribution in [0.15, 0.2) is 0 Å². The van der Waals surface area contributed by atoms with Gasteiger partial charge in [-0.25, -0.2) is 4.98 Å². The first-order valence-electron chi connectivity index (χ1n) is 8.30. The molecule has 4 nitrogen and oxygen atoms in total. The van der Waals surface area contributed by atoms with Gasteiger partial charge in [0.05, 0.1) is 11.8 Å². The van der Waals surface area contributed by atoms with Crippen LogP contribution in [-0.2, 0) is 12.8 Å². The van der Waals surface area contributed by atoms with Gasteiger partial charge >= 0.3 is 0 Å². The molecule has 0 spiro atoms. The van der Waals surface area contributed by atoms with Crippen LogP contribution in [-0.4, -0.2) is 21.1 Å². The minimum Gasteiger partial charge on any atom is -0.329 e. The van der Waals surface area contributed by atoms with Crippen molar-refractivity contribution in [1.29, 1.82) is 5.26 Å². The average Bonchev–Trinajstić information content (AvgIpc) is 2.98. The van der Waals surface area contributed by atoms with Crippen molar-refractivity contribution in [3.05, 3.63) is 17.2 Å². The molecule has 1 N–H and O–H groups in total. The monoisotopic (exact) mass is 286 g/mol. The van der Waals surface area contributed by atoms with Gasteiger partial charge in [-0.15, -0.1) is 0 Å². The standard InChI is InChI=1S/C17H26N4/c1-12(2)20-17(11-18)9-8-14(10-17)21-13(3)19-15-6-4-5-7-16(15)21/h12,14,20H,4-10H2,1-3H3. The van der Waals surface area contributed by atoms with Gasteiger partial charge in [0.1, 0.15) is 11.4 Å². The number of nitriles is 1. The van der Waals surface area contributed by atoms with Gasteiger partial charge in [0, 0.05) is 17.8 Å². The SMILES string of the molecule is Cc1nc2c(n1C1CCC(C#N)(NC(C)C)C1)CCCC2. The van der Waals surface area contributed by atoms with Crippen molar-refractivity contribution in [2.75, 3.05) is 0 Å². The van der Waals surface area contributed by atoms with Crippen molar-refractivity contribution in [1.82, 2.24) is 14.9 Å². The highest BCUT2D eigenvalue weighted by atomic mass is 15.1. The Hall–Kier alpha value is -1.34. The molecule has 114 valence electrons. The normalized spacial score (nSPS) is 28.6. The molecule has 0 aromatic carbocycles. The Morgan fingerprint density at radius 2 is 2.14 bits per heavy atom. The molecule has 2 aliphatic carbocycles. The first kappa shape index (κ1) is 14.6. The van der Waals surface area contributed by atoms with Gasteiger partial charge in [-0.05, 0) is 65.7 Å². The van der Waals surface area contributed by atoms with E-state index in [1.165, 1.54) is 24.2 Å². The van der Waals surface area contributed by atoms with E-state index in [-0.39, 0.29) is 5.54 Å². The van der Waals surface area contributed by atoms with Gasteiger partial charge in [-0.2, -0.15) is 5.26 Å². The first-order valence-corrected chi connectivity index (χ1v) is 8.30. The Labute approximate surface area is 127 Å². The summed E-state index contributed by atoms with van der Waals surface area (Å²) >= 11 is 0. The summed E-state index contributed by atoms with van der Waals surface area (Å²) in [5.74, 6) is 1.14. The fourth-order valence-electron chi connectivity index (χ4n) is 4.24. The highest BCUT2D eigenvalue weighted by Gasteiger charge is 2.41. The fraction of sp³-hybridized carbons (Fsp3) is 0.765. The van der Waals surface area contributed by atoms with Crippen LogP contribution in [0.3, 0.4) is 0 Å². The van der Waals surface area contributed by atoms with Crippen LogP contribution < -0.4 is 5.32 Å². The van der Waals surface area contributed by atoms with E-state index in [1.54, 1.807) is 0 Å². The molecule has 1 fully saturated rings. The molecule has 4 heteroatoms. The number of nitrogens with zero attached hydrogens (tertiary/aromatic N) is 3. The lowest BCUT2D eigenvalue weighted by atomic mass is 9.97. The van der Waals surface area contributed by atoms with Crippen LogP contribution in [0.5, 0.6) is 0 Å². The van der Waals surface area contributed by atoms with Crippen molar-refractivity contribution in [3.63, 3.8) is 0 Å². The van der Waals surface area contributed by atoms with Crippen LogP contribution in [0.2, 0.25) is 0 Å². The van der Waals surface area contributed by atoms with Crippen LogP contribution in [0.1, 0.15) is 69.2 Å². The zero-order valence-corrected chi connectivity index (χ0v) is 13.4. The van der Waals surface area contributed by atoms with E-state index in [9.17, 15) is 5.26 Å². The number of imidazole rings is 1. The third-order valence-corrected chi connectivity index (χ3v) is 4.98. The second-order valence-corrected chi connectivity index (χ2v) is 7.02. The van der Waals surface area contributed by atoms with E-state index in [0.717, 1.165) is 37.9 Å². The second-order valence-electron chi connectivity index (χ2n) is 7.02. The molecule has 0 aliphatic heterocycles. The predicted molar refractivity (Wildman–Crippen MR) is 83.1 cm³/mol. The number of hydrogen-bond donors (Lipinski definition) is 1. The van der Waals surface area contributed by atoms with E-state index in [1.807, 2.05) is 0 Å². The Kier molecular flexibility index (Phi) is 3.79. The van der Waals surface area contributed by atoms with Gasteiger partial charge in [0.25, 0.3) is 0 Å². The molecule has 1 aromatic rings. The summed E-state index contributed by atoms with van der Waals surface area (Å²) in [6.07, 6.45) is 7.76. The van der Waals surface area contributed by atoms with Crippen LogP contribution in [0, 0.1) is 18.3 Å². The molecule has 2 aliphatic rings. The maximum Gasteiger partial charge on any atom is 0.109 e. The van der Waals surface area contributed by atoms with Gasteiger partial charge in [-0.1, -0.05) is 0 Å². The largest absolute Gasteiger partial charge is 0.329 e. The predicted octanol–water partition coefficient (Wildman–Crippen LogP) is 3.06. The molecular formula is C17H26N4. The van der Waals surface area contributed by atoms with E-state index in [4.69, 9.17) is 4.98 Å². The summed E-state index contributed by atoms with van der Waals surface area (Å²) in [6, 6.07) is 3.34. The Bertz CT molecular complexity index is 566. The van der Waals surface area contributed by atoms with E-state index in [2.05, 4.69) is 36.7 Å². The second kappa shape index (κ2) is 5.46. The number of fused-ring (bicyclic) bond motifs is 1. The molecule has 2 atom stereocenters. The van der Waals surface area contributed by atoms with Gasteiger partial charge in [0.2, 0.25) is 0 Å². The molecule has 1 saturated carbocycles. The van der Waals surface area contributed by atoms with Gasteiger partial charge in [0.15, 0.2) is 0 Å². The lowest BCUT2D eigenvalue weighted by molar-refractivity contribution is 0.365. The summed E-state index contributed by atoms with van der Waals surface area (Å²) in [5.41, 5.74) is 2.41. The maximum absolute atomic E-state index is 9.65. The number of aryl methyl sites for hydroxylation is 2. The van der Waals surface area contributed by atoms with Crippen molar-refractivity contribution >= 4 is 0 Å². The average molecular weight is 286 g/mol. The molecule has 0 radical (unpaired) electrons. The van der Waals surface area contributed by atoms with Crippen LogP contribution >= 0.6 is 0 Å². The molecule has 3 rings (SSSR count). The zero-order chi connectivity index (χ0) is 15.0. The third kappa shape index (κ3) is 2.60. The minimum atomic E-state index is -0.350. The number of hydrogen-bond acceptors (Lipinski definition) is 3. The summed E-state index contributed by atoms with van der Waals surface area (Å²) in [7, 11) is 0. The number of aromatic nitrogens is 2. The zero-order valence-electron chi connectivity index (χ0n) is 13.4. The third-order valence-electron chi connectivity index (χ3n) is 4.98. The molecule has 0 amide bonds. The Morgan fingerprint density at radius 1 is 1.38 bits per heavy atom. The molecular weight excluding hydrogens is 260 g/mol. The summed E-state index contributed by atoms with van der Waals surface area (Å²) in [6.45, 7) is 6.37. The number of nitrogens with one attached hydrogen (secondary N) is 1. The van der Waals surface area contributed by atoms with E-state index in [0.29, 0.717) is 12.1 Å². The van der Waals surface area contributed by atoms with Gasteiger partial charge in [-0.3, -0.25) is 5.32 Å². The highest BCUT2D eigenvalue weighted by Crippen LogP contribution is 2.40. The van der Waals surface area contributed by atoms with Crippen molar-refractivity contribution < 1.29 is 0 Å². The van der Waals surface area contributed by atoms with Crippen molar-refractivity contribution in [3.8, 4) is 6.07 Å². The van der Waals surface area contributed by atoms with Crippen molar-refractivity contribution in [2.24, 2.45) is 0 Å². The van der Waals surface area contributed by atoms with Gasteiger partial charge < -0.3 is 4.57 Å². The van der Waals surface area contributed by atoms with E-state index < -0.39 is 0 Å². The highest BCUT2D eigenvalue weighted by molar-refractivity contribution is 5.23. The fourth-order valence-corrected chi connectivity index (χ4v) is 4.24. The topological polar surface area (TPSA) is 53.6 Å². The molecule has 21 heavy (non-hydrogen) atoms. The Balaban J connectivity index is 1.87. The summed E-state index contributed by atoms with van der Waals surface area (Å²) < 4.78 is 2.45. The Morgan fingerprint density at radius 3 is 2.86 bits per heavy atom. The molecule has 1 heterocycles. The molecule has 2 unspecified atom stereocenters. The summed E-state index contributed by atoms with van der Waals surface area (Å²) in [4.78, 5) is 4.79. The molecule has 0 saturated heterocycles. The quantitative estimate of drug-likeness (QED) is 0.929. The smallest absolute Gasteiger partial charge is 0.109 e. The van der Waals surface area contributed by atoms with E-state index >= 15 is 0 Å². The maximum atomic E-state index is 9.65. The summed E-state index contributed by atoms with van der Waals surface area (Å²) in [5, 5.41) is 13.2.